The van der Waals surface area contributed by atoms with Crippen molar-refractivity contribution in [2.75, 3.05) is 50.0 Å². The fourth-order valence-electron chi connectivity index (χ4n) is 3.69. The SMILES string of the molecule is CCSc1ccccc1C(=O)N(CCCN1CCOCC1)c1nc2c(F)cc(F)cc2s1.Cl. The topological polar surface area (TPSA) is 45.7 Å². The number of hydrogen-bond acceptors (Lipinski definition) is 6. The van der Waals surface area contributed by atoms with E-state index in [2.05, 4.69) is 9.88 Å². The zero-order chi connectivity index (χ0) is 22.5. The number of thiazole rings is 1. The minimum absolute atomic E-state index is 0. The van der Waals surface area contributed by atoms with E-state index in [1.165, 1.54) is 6.07 Å². The molecule has 0 bridgehead atoms. The van der Waals surface area contributed by atoms with Crippen molar-refractivity contribution in [3.63, 3.8) is 0 Å². The summed E-state index contributed by atoms with van der Waals surface area (Å²) < 4.78 is 33.8. The van der Waals surface area contributed by atoms with Crippen molar-refractivity contribution in [2.24, 2.45) is 0 Å². The second kappa shape index (κ2) is 12.1. The lowest BCUT2D eigenvalue weighted by Gasteiger charge is -2.28. The number of halogens is 3. The molecular weight excluding hydrogens is 488 g/mol. The molecule has 1 saturated heterocycles. The Kier molecular flexibility index (Phi) is 9.46. The number of carbonyl (C=O) groups is 1. The molecule has 1 fully saturated rings. The fraction of sp³-hybridized carbons (Fsp3) is 0.391. The van der Waals surface area contributed by atoms with Gasteiger partial charge in [0.1, 0.15) is 11.3 Å². The van der Waals surface area contributed by atoms with Gasteiger partial charge in [-0.1, -0.05) is 30.4 Å². The summed E-state index contributed by atoms with van der Waals surface area (Å²) in [5, 5.41) is 0.382. The highest BCUT2D eigenvalue weighted by Gasteiger charge is 2.24. The first-order chi connectivity index (χ1) is 15.6. The largest absolute Gasteiger partial charge is 0.379 e. The summed E-state index contributed by atoms with van der Waals surface area (Å²) in [5.41, 5.74) is 0.685. The molecule has 1 aromatic heterocycles. The van der Waals surface area contributed by atoms with E-state index in [0.717, 1.165) is 54.1 Å². The van der Waals surface area contributed by atoms with Gasteiger partial charge in [-0.3, -0.25) is 14.6 Å². The van der Waals surface area contributed by atoms with Gasteiger partial charge < -0.3 is 4.74 Å². The molecule has 0 atom stereocenters. The molecule has 0 spiro atoms. The minimum Gasteiger partial charge on any atom is -0.379 e. The number of rotatable bonds is 8. The maximum Gasteiger partial charge on any atom is 0.261 e. The molecule has 0 N–H and O–H groups in total. The lowest BCUT2D eigenvalue weighted by molar-refractivity contribution is 0.0376. The molecule has 5 nitrogen and oxygen atoms in total. The summed E-state index contributed by atoms with van der Waals surface area (Å²) in [6.07, 6.45) is 0.738. The lowest BCUT2D eigenvalue weighted by atomic mass is 10.2. The summed E-state index contributed by atoms with van der Waals surface area (Å²) in [4.78, 5) is 22.8. The molecule has 1 aliphatic heterocycles. The van der Waals surface area contributed by atoms with Crippen molar-refractivity contribution in [2.45, 2.75) is 18.2 Å². The number of amides is 1. The van der Waals surface area contributed by atoms with Crippen molar-refractivity contribution in [3.05, 3.63) is 53.6 Å². The van der Waals surface area contributed by atoms with E-state index in [1.54, 1.807) is 16.7 Å². The highest BCUT2D eigenvalue weighted by atomic mass is 35.5. The number of anilines is 1. The van der Waals surface area contributed by atoms with Crippen LogP contribution in [0.25, 0.3) is 10.2 Å². The van der Waals surface area contributed by atoms with Gasteiger partial charge in [0.15, 0.2) is 10.9 Å². The molecule has 0 unspecified atom stereocenters. The van der Waals surface area contributed by atoms with Crippen molar-refractivity contribution >= 4 is 56.8 Å². The van der Waals surface area contributed by atoms with Crippen LogP contribution in [-0.2, 0) is 4.74 Å². The zero-order valence-corrected chi connectivity index (χ0v) is 20.7. The molecule has 3 aromatic rings. The van der Waals surface area contributed by atoms with Crippen LogP contribution in [0.2, 0.25) is 0 Å². The van der Waals surface area contributed by atoms with Gasteiger partial charge in [0.05, 0.1) is 23.5 Å². The molecule has 4 rings (SSSR count). The molecule has 0 radical (unpaired) electrons. The Balaban J connectivity index is 0.00000306. The van der Waals surface area contributed by atoms with Gasteiger partial charge in [-0.25, -0.2) is 13.8 Å². The highest BCUT2D eigenvalue weighted by Crippen LogP contribution is 2.33. The van der Waals surface area contributed by atoms with Crippen LogP contribution >= 0.6 is 35.5 Å². The van der Waals surface area contributed by atoms with E-state index in [4.69, 9.17) is 4.74 Å². The fourth-order valence-corrected chi connectivity index (χ4v) is 5.52. The first-order valence-corrected chi connectivity index (χ1v) is 12.5. The number of thioether (sulfide) groups is 1. The van der Waals surface area contributed by atoms with Crippen LogP contribution in [-0.4, -0.2) is 60.9 Å². The molecule has 178 valence electrons. The molecule has 10 heteroatoms. The number of carbonyl (C=O) groups excluding carboxylic acids is 1. The van der Waals surface area contributed by atoms with Gasteiger partial charge in [0, 0.05) is 37.1 Å². The molecule has 0 aliphatic carbocycles. The van der Waals surface area contributed by atoms with Crippen molar-refractivity contribution in [1.82, 2.24) is 9.88 Å². The Morgan fingerprint density at radius 2 is 2.00 bits per heavy atom. The van der Waals surface area contributed by atoms with Crippen molar-refractivity contribution in [3.8, 4) is 0 Å². The van der Waals surface area contributed by atoms with Gasteiger partial charge in [-0.2, -0.15) is 0 Å². The smallest absolute Gasteiger partial charge is 0.261 e. The molecule has 2 heterocycles. The van der Waals surface area contributed by atoms with Crippen LogP contribution in [0.4, 0.5) is 13.9 Å². The Bertz CT molecular complexity index is 1090. The van der Waals surface area contributed by atoms with E-state index in [-0.39, 0.29) is 23.8 Å². The standard InChI is InChI=1S/C23H25F2N3O2S2.ClH/c1-2-31-19-7-4-3-6-17(19)22(29)28(9-5-8-27-10-12-30-13-11-27)23-26-21-18(25)14-16(24)15-20(21)32-23;/h3-4,6-7,14-15H,2,5,8-13H2,1H3;1H. The number of morpholine rings is 1. The Hall–Kier alpha value is -1.78. The summed E-state index contributed by atoms with van der Waals surface area (Å²) in [7, 11) is 0. The first-order valence-electron chi connectivity index (χ1n) is 10.7. The molecule has 0 saturated carbocycles. The molecule has 33 heavy (non-hydrogen) atoms. The molecular formula is C23H26ClF2N3O2S2. The third-order valence-electron chi connectivity index (χ3n) is 5.26. The number of nitrogens with zero attached hydrogens (tertiary/aromatic N) is 3. The molecule has 1 amide bonds. The summed E-state index contributed by atoms with van der Waals surface area (Å²) >= 11 is 2.74. The second-order valence-electron chi connectivity index (χ2n) is 7.42. The maximum atomic E-state index is 14.3. The van der Waals surface area contributed by atoms with Crippen LogP contribution in [0.15, 0.2) is 41.3 Å². The Morgan fingerprint density at radius 3 is 2.76 bits per heavy atom. The van der Waals surface area contributed by atoms with Crippen molar-refractivity contribution < 1.29 is 18.3 Å². The third kappa shape index (κ3) is 6.22. The van der Waals surface area contributed by atoms with Crippen LogP contribution < -0.4 is 4.90 Å². The van der Waals surface area contributed by atoms with Crippen LogP contribution in [0, 0.1) is 11.6 Å². The lowest BCUT2D eigenvalue weighted by Crippen LogP contribution is -2.39. The van der Waals surface area contributed by atoms with Crippen LogP contribution in [0.5, 0.6) is 0 Å². The molecule has 1 aliphatic rings. The van der Waals surface area contributed by atoms with E-state index in [9.17, 15) is 13.6 Å². The van der Waals surface area contributed by atoms with E-state index in [1.807, 2.05) is 31.2 Å². The summed E-state index contributed by atoms with van der Waals surface area (Å²) in [6, 6.07) is 9.57. The van der Waals surface area contributed by atoms with Gasteiger partial charge in [-0.05, 0) is 30.4 Å². The predicted molar refractivity (Wildman–Crippen MR) is 133 cm³/mol. The quantitative estimate of drug-likeness (QED) is 0.373. The number of aromatic nitrogens is 1. The maximum absolute atomic E-state index is 14.3. The van der Waals surface area contributed by atoms with Crippen LogP contribution in [0.1, 0.15) is 23.7 Å². The average molecular weight is 514 g/mol. The van der Waals surface area contributed by atoms with Gasteiger partial charge in [-0.15, -0.1) is 24.2 Å². The Morgan fingerprint density at radius 1 is 1.24 bits per heavy atom. The van der Waals surface area contributed by atoms with Crippen LogP contribution in [0.3, 0.4) is 0 Å². The molecule has 2 aromatic carbocycles. The number of ether oxygens (including phenoxy) is 1. The monoisotopic (exact) mass is 513 g/mol. The third-order valence-corrected chi connectivity index (χ3v) is 7.24. The summed E-state index contributed by atoms with van der Waals surface area (Å²) in [5.74, 6) is -0.707. The van der Waals surface area contributed by atoms with Gasteiger partial charge in [0.25, 0.3) is 5.91 Å². The first kappa shape index (κ1) is 25.8. The predicted octanol–water partition coefficient (Wildman–Crippen LogP) is 5.48. The zero-order valence-electron chi connectivity index (χ0n) is 18.3. The average Bonchev–Trinajstić information content (AvgIpc) is 3.22. The number of benzene rings is 2. The Labute approximate surface area is 206 Å². The van der Waals surface area contributed by atoms with E-state index >= 15 is 0 Å². The van der Waals surface area contributed by atoms with E-state index < -0.39 is 11.6 Å². The normalized spacial score (nSPS) is 14.3. The number of fused-ring (bicyclic) bond motifs is 1. The second-order valence-corrected chi connectivity index (χ2v) is 9.74. The minimum atomic E-state index is -0.717. The van der Waals surface area contributed by atoms with Gasteiger partial charge >= 0.3 is 0 Å². The van der Waals surface area contributed by atoms with E-state index in [0.29, 0.717) is 35.2 Å². The van der Waals surface area contributed by atoms with Gasteiger partial charge in [0.2, 0.25) is 0 Å². The van der Waals surface area contributed by atoms with Crippen molar-refractivity contribution in [1.29, 1.82) is 0 Å². The number of hydrogen-bond donors (Lipinski definition) is 0. The highest BCUT2D eigenvalue weighted by molar-refractivity contribution is 7.99. The summed E-state index contributed by atoms with van der Waals surface area (Å²) in [6.45, 7) is 6.47.